The Morgan fingerprint density at radius 1 is 0.844 bits per heavy atom. The van der Waals surface area contributed by atoms with E-state index in [-0.39, 0.29) is 5.41 Å². The SMILES string of the molecule is Cc1ccc2c(oc3c4c(ccc32)C(C)(C)c2ncccc2-4)c1-c1cc(C(C)C)ccn1. The Hall–Kier alpha value is -3.46. The predicted octanol–water partition coefficient (Wildman–Crippen LogP) is 7.78. The van der Waals surface area contributed by atoms with Crippen molar-refractivity contribution in [2.75, 3.05) is 0 Å². The predicted molar refractivity (Wildman–Crippen MR) is 131 cm³/mol. The summed E-state index contributed by atoms with van der Waals surface area (Å²) in [5.41, 5.74) is 11.0. The molecule has 5 aromatic rings. The monoisotopic (exact) mass is 418 g/mol. The normalized spacial score (nSPS) is 14.3. The smallest absolute Gasteiger partial charge is 0.145 e. The molecule has 158 valence electrons. The van der Waals surface area contributed by atoms with E-state index in [0.717, 1.165) is 38.9 Å². The summed E-state index contributed by atoms with van der Waals surface area (Å²) in [6.07, 6.45) is 3.80. The van der Waals surface area contributed by atoms with Crippen LogP contribution in [0.2, 0.25) is 0 Å². The highest BCUT2D eigenvalue weighted by molar-refractivity contribution is 6.14. The van der Waals surface area contributed by atoms with E-state index in [4.69, 9.17) is 14.4 Å². The molecule has 1 aliphatic rings. The van der Waals surface area contributed by atoms with E-state index in [2.05, 4.69) is 77.1 Å². The minimum atomic E-state index is -0.148. The molecule has 0 unspecified atom stereocenters. The lowest BCUT2D eigenvalue weighted by Crippen LogP contribution is -2.16. The molecule has 0 aliphatic heterocycles. The zero-order valence-electron chi connectivity index (χ0n) is 19.2. The number of rotatable bonds is 2. The molecule has 0 radical (unpaired) electrons. The number of furan rings is 1. The van der Waals surface area contributed by atoms with Crippen LogP contribution >= 0.6 is 0 Å². The minimum absolute atomic E-state index is 0.148. The number of hydrogen-bond donors (Lipinski definition) is 0. The molecule has 1 aliphatic carbocycles. The van der Waals surface area contributed by atoms with Crippen LogP contribution in [0.25, 0.3) is 44.3 Å². The van der Waals surface area contributed by atoms with Crippen LogP contribution in [0.3, 0.4) is 0 Å². The van der Waals surface area contributed by atoms with Crippen molar-refractivity contribution in [3.05, 3.63) is 83.3 Å². The third-order valence-corrected chi connectivity index (χ3v) is 7.07. The van der Waals surface area contributed by atoms with E-state index in [0.29, 0.717) is 5.92 Å². The Bertz CT molecular complexity index is 1540. The highest BCUT2D eigenvalue weighted by Gasteiger charge is 2.39. The maximum atomic E-state index is 6.74. The zero-order valence-corrected chi connectivity index (χ0v) is 19.2. The summed E-state index contributed by atoms with van der Waals surface area (Å²) in [7, 11) is 0. The average molecular weight is 419 g/mol. The van der Waals surface area contributed by atoms with E-state index in [9.17, 15) is 0 Å². The summed E-state index contributed by atoms with van der Waals surface area (Å²) < 4.78 is 6.74. The summed E-state index contributed by atoms with van der Waals surface area (Å²) in [4.78, 5) is 9.48. The molecule has 0 bridgehead atoms. The van der Waals surface area contributed by atoms with Gasteiger partial charge in [0.1, 0.15) is 11.2 Å². The van der Waals surface area contributed by atoms with Crippen LogP contribution in [0, 0.1) is 6.92 Å². The van der Waals surface area contributed by atoms with Gasteiger partial charge < -0.3 is 4.42 Å². The first-order valence-electron chi connectivity index (χ1n) is 11.3. The van der Waals surface area contributed by atoms with Crippen molar-refractivity contribution in [1.29, 1.82) is 0 Å². The van der Waals surface area contributed by atoms with Crippen LogP contribution in [0.1, 0.15) is 56.0 Å². The number of nitrogens with zero attached hydrogens (tertiary/aromatic N) is 2. The molecular formula is C29H26N2O. The van der Waals surface area contributed by atoms with Crippen LogP contribution in [-0.4, -0.2) is 9.97 Å². The van der Waals surface area contributed by atoms with Gasteiger partial charge >= 0.3 is 0 Å². The molecular weight excluding hydrogens is 392 g/mol. The highest BCUT2D eigenvalue weighted by Crippen LogP contribution is 2.52. The second-order valence-electron chi connectivity index (χ2n) is 9.75. The number of aromatic nitrogens is 2. The average Bonchev–Trinajstić information content (AvgIpc) is 3.27. The van der Waals surface area contributed by atoms with E-state index in [1.807, 2.05) is 18.5 Å². The third-order valence-electron chi connectivity index (χ3n) is 7.07. The van der Waals surface area contributed by atoms with Crippen LogP contribution in [-0.2, 0) is 5.41 Å². The Balaban J connectivity index is 1.71. The summed E-state index contributed by atoms with van der Waals surface area (Å²) in [6.45, 7) is 11.1. The molecule has 0 fully saturated rings. The Morgan fingerprint density at radius 3 is 2.38 bits per heavy atom. The summed E-state index contributed by atoms with van der Waals surface area (Å²) in [6, 6.07) is 17.3. The van der Waals surface area contributed by atoms with Gasteiger partial charge in [-0.25, -0.2) is 0 Å². The molecule has 3 nitrogen and oxygen atoms in total. The first kappa shape index (κ1) is 19.2. The summed E-state index contributed by atoms with van der Waals surface area (Å²) in [5.74, 6) is 0.446. The van der Waals surface area contributed by atoms with Crippen LogP contribution < -0.4 is 0 Å². The minimum Gasteiger partial charge on any atom is -0.455 e. The first-order valence-corrected chi connectivity index (χ1v) is 11.3. The van der Waals surface area contributed by atoms with Crippen molar-refractivity contribution in [1.82, 2.24) is 9.97 Å². The molecule has 0 amide bonds. The largest absolute Gasteiger partial charge is 0.455 e. The number of pyridine rings is 2. The molecule has 3 heteroatoms. The zero-order chi connectivity index (χ0) is 22.2. The number of aryl methyl sites for hydroxylation is 1. The molecule has 0 N–H and O–H groups in total. The van der Waals surface area contributed by atoms with Crippen LogP contribution in [0.5, 0.6) is 0 Å². The van der Waals surface area contributed by atoms with Crippen molar-refractivity contribution >= 4 is 21.9 Å². The second kappa shape index (κ2) is 6.52. The Labute approximate surface area is 188 Å². The third kappa shape index (κ3) is 2.48. The number of hydrogen-bond acceptors (Lipinski definition) is 3. The fourth-order valence-electron chi connectivity index (χ4n) is 5.28. The number of benzene rings is 2. The van der Waals surface area contributed by atoms with Gasteiger partial charge in [0.25, 0.3) is 0 Å². The van der Waals surface area contributed by atoms with E-state index < -0.39 is 0 Å². The van der Waals surface area contributed by atoms with Gasteiger partial charge in [-0.1, -0.05) is 58.0 Å². The molecule has 32 heavy (non-hydrogen) atoms. The first-order chi connectivity index (χ1) is 15.4. The van der Waals surface area contributed by atoms with Crippen LogP contribution in [0.4, 0.5) is 0 Å². The maximum Gasteiger partial charge on any atom is 0.145 e. The fraction of sp³-hybridized carbons (Fsp3) is 0.241. The molecule has 6 rings (SSSR count). The van der Waals surface area contributed by atoms with Gasteiger partial charge in [-0.15, -0.1) is 0 Å². The van der Waals surface area contributed by atoms with Gasteiger partial charge in [0.05, 0.1) is 11.4 Å². The molecule has 0 saturated carbocycles. The molecule has 2 aromatic carbocycles. The van der Waals surface area contributed by atoms with Crippen molar-refractivity contribution in [3.63, 3.8) is 0 Å². The molecule has 0 atom stereocenters. The summed E-state index contributed by atoms with van der Waals surface area (Å²) in [5, 5.41) is 2.28. The lowest BCUT2D eigenvalue weighted by atomic mass is 9.85. The Kier molecular flexibility index (Phi) is 3.92. The van der Waals surface area contributed by atoms with Gasteiger partial charge in [-0.05, 0) is 47.7 Å². The second-order valence-corrected chi connectivity index (χ2v) is 9.75. The Morgan fingerprint density at radius 2 is 1.59 bits per heavy atom. The van der Waals surface area contributed by atoms with Gasteiger partial charge in [-0.2, -0.15) is 0 Å². The van der Waals surface area contributed by atoms with Crippen LogP contribution in [0.15, 0.2) is 65.3 Å². The molecule has 3 aromatic heterocycles. The molecule has 0 saturated heterocycles. The van der Waals surface area contributed by atoms with Gasteiger partial charge in [0, 0.05) is 45.3 Å². The quantitative estimate of drug-likeness (QED) is 0.294. The van der Waals surface area contributed by atoms with Gasteiger partial charge in [0.15, 0.2) is 0 Å². The standard InChI is InChI=1S/C29H26N2O/c1-16(2)18-12-14-30-23(15-18)24-17(3)8-9-19-20-10-11-22-25(27(20)32-26(19)24)21-7-6-13-31-28(21)29(22,4)5/h6-16H,1-5H3. The fourth-order valence-corrected chi connectivity index (χ4v) is 5.28. The highest BCUT2D eigenvalue weighted by atomic mass is 16.3. The van der Waals surface area contributed by atoms with E-state index in [1.54, 1.807) is 0 Å². The lowest BCUT2D eigenvalue weighted by Gasteiger charge is -2.19. The van der Waals surface area contributed by atoms with Crippen molar-refractivity contribution < 1.29 is 4.42 Å². The molecule has 3 heterocycles. The van der Waals surface area contributed by atoms with Gasteiger partial charge in [0.2, 0.25) is 0 Å². The maximum absolute atomic E-state index is 6.74. The van der Waals surface area contributed by atoms with Crippen molar-refractivity contribution in [3.8, 4) is 22.4 Å². The van der Waals surface area contributed by atoms with Crippen molar-refractivity contribution in [2.24, 2.45) is 0 Å². The lowest BCUT2D eigenvalue weighted by molar-refractivity contribution is 0.634. The van der Waals surface area contributed by atoms with Gasteiger partial charge in [-0.3, -0.25) is 9.97 Å². The number of fused-ring (bicyclic) bond motifs is 7. The summed E-state index contributed by atoms with van der Waals surface area (Å²) >= 11 is 0. The van der Waals surface area contributed by atoms with E-state index in [1.165, 1.54) is 27.8 Å². The van der Waals surface area contributed by atoms with E-state index >= 15 is 0 Å². The topological polar surface area (TPSA) is 38.9 Å². The van der Waals surface area contributed by atoms with Crippen molar-refractivity contribution in [2.45, 2.75) is 46.0 Å². The molecule has 0 spiro atoms.